The summed E-state index contributed by atoms with van der Waals surface area (Å²) < 4.78 is 4.29. The first-order valence-electron chi connectivity index (χ1n) is 6.45. The minimum absolute atomic E-state index is 0.347. The van der Waals surface area contributed by atoms with Crippen LogP contribution in [0.4, 0.5) is 5.95 Å². The summed E-state index contributed by atoms with van der Waals surface area (Å²) in [5.74, 6) is 0.960. The summed E-state index contributed by atoms with van der Waals surface area (Å²) >= 11 is 0. The average molecular weight is 247 g/mol. The van der Waals surface area contributed by atoms with Crippen LogP contribution in [0.3, 0.4) is 0 Å². The van der Waals surface area contributed by atoms with Gasteiger partial charge >= 0.3 is 0 Å². The second-order valence-corrected chi connectivity index (χ2v) is 4.65. The van der Waals surface area contributed by atoms with E-state index in [1.807, 2.05) is 25.6 Å². The van der Waals surface area contributed by atoms with Gasteiger partial charge in [0, 0.05) is 31.7 Å². The molecular weight excluding hydrogens is 226 g/mol. The Morgan fingerprint density at radius 3 is 2.94 bits per heavy atom. The van der Waals surface area contributed by atoms with Crippen molar-refractivity contribution in [2.24, 2.45) is 0 Å². The summed E-state index contributed by atoms with van der Waals surface area (Å²) in [5.41, 5.74) is 1.05. The number of rotatable bonds is 6. The number of hydrogen-bond donors (Lipinski definition) is 1. The third-order valence-electron chi connectivity index (χ3n) is 2.89. The summed E-state index contributed by atoms with van der Waals surface area (Å²) in [4.78, 5) is 8.59. The van der Waals surface area contributed by atoms with E-state index in [-0.39, 0.29) is 0 Å². The molecule has 1 N–H and O–H groups in total. The molecule has 0 aliphatic carbocycles. The largest absolute Gasteiger partial charge is 0.356 e. The normalized spacial score (nSPS) is 12.6. The fourth-order valence-corrected chi connectivity index (χ4v) is 2.01. The van der Waals surface area contributed by atoms with E-state index in [0.29, 0.717) is 6.04 Å². The Morgan fingerprint density at radius 2 is 2.28 bits per heavy atom. The molecule has 0 fully saturated rings. The molecular formula is C13H21N5. The Morgan fingerprint density at radius 1 is 1.44 bits per heavy atom. The molecule has 0 amide bonds. The maximum Gasteiger partial charge on any atom is 0.203 e. The maximum atomic E-state index is 4.53. The SMILES string of the molecule is CCCNc1nc(C)cn1C(C)Cn1ccnc1. The number of aryl methyl sites for hydroxylation is 1. The molecule has 0 aliphatic rings. The molecule has 0 aromatic carbocycles. The third-order valence-corrected chi connectivity index (χ3v) is 2.89. The summed E-state index contributed by atoms with van der Waals surface area (Å²) in [7, 11) is 0. The van der Waals surface area contributed by atoms with Gasteiger partial charge in [0.15, 0.2) is 0 Å². The third kappa shape index (κ3) is 2.91. The number of hydrogen-bond acceptors (Lipinski definition) is 3. The van der Waals surface area contributed by atoms with Crippen molar-refractivity contribution in [2.45, 2.75) is 39.8 Å². The first-order chi connectivity index (χ1) is 8.70. The minimum atomic E-state index is 0.347. The molecule has 1 atom stereocenters. The standard InChI is InChI=1S/C13H21N5/c1-4-5-15-13-16-11(2)8-18(13)12(3)9-17-7-6-14-10-17/h6-8,10,12H,4-5,9H2,1-3H3,(H,15,16). The number of anilines is 1. The number of imidazole rings is 2. The zero-order valence-electron chi connectivity index (χ0n) is 11.3. The van der Waals surface area contributed by atoms with Gasteiger partial charge in [-0.25, -0.2) is 9.97 Å². The van der Waals surface area contributed by atoms with Gasteiger partial charge in [0.25, 0.3) is 0 Å². The molecule has 2 heterocycles. The van der Waals surface area contributed by atoms with E-state index in [1.54, 1.807) is 0 Å². The first-order valence-corrected chi connectivity index (χ1v) is 6.45. The molecule has 5 nitrogen and oxygen atoms in total. The van der Waals surface area contributed by atoms with Crippen LogP contribution in [0.2, 0.25) is 0 Å². The monoisotopic (exact) mass is 247 g/mol. The minimum Gasteiger partial charge on any atom is -0.356 e. The molecule has 1 unspecified atom stereocenters. The van der Waals surface area contributed by atoms with Crippen LogP contribution in [-0.4, -0.2) is 25.6 Å². The maximum absolute atomic E-state index is 4.53. The fraction of sp³-hybridized carbons (Fsp3) is 0.538. The molecule has 98 valence electrons. The fourth-order valence-electron chi connectivity index (χ4n) is 2.01. The van der Waals surface area contributed by atoms with Gasteiger partial charge in [-0.15, -0.1) is 0 Å². The Balaban J connectivity index is 2.10. The highest BCUT2D eigenvalue weighted by Crippen LogP contribution is 2.17. The summed E-state index contributed by atoms with van der Waals surface area (Å²) in [6.07, 6.45) is 8.84. The topological polar surface area (TPSA) is 47.7 Å². The van der Waals surface area contributed by atoms with E-state index in [4.69, 9.17) is 0 Å². The van der Waals surface area contributed by atoms with Crippen LogP contribution >= 0.6 is 0 Å². The Hall–Kier alpha value is -1.78. The molecule has 0 spiro atoms. The van der Waals surface area contributed by atoms with Crippen LogP contribution < -0.4 is 5.32 Å². The lowest BCUT2D eigenvalue weighted by Gasteiger charge is -2.17. The quantitative estimate of drug-likeness (QED) is 0.853. The molecule has 2 aromatic heterocycles. The Bertz CT molecular complexity index is 472. The van der Waals surface area contributed by atoms with Gasteiger partial charge in [-0.05, 0) is 20.3 Å². The smallest absolute Gasteiger partial charge is 0.203 e. The van der Waals surface area contributed by atoms with Crippen molar-refractivity contribution in [3.8, 4) is 0 Å². The average Bonchev–Trinajstić information content (AvgIpc) is 2.96. The van der Waals surface area contributed by atoms with Crippen LogP contribution in [0.25, 0.3) is 0 Å². The molecule has 0 saturated heterocycles. The van der Waals surface area contributed by atoms with Crippen molar-refractivity contribution in [3.63, 3.8) is 0 Å². The predicted octanol–water partition coefficient (Wildman–Crippen LogP) is 2.47. The highest BCUT2D eigenvalue weighted by molar-refractivity contribution is 5.29. The van der Waals surface area contributed by atoms with Gasteiger partial charge in [0.2, 0.25) is 5.95 Å². The van der Waals surface area contributed by atoms with Gasteiger partial charge in [-0.2, -0.15) is 0 Å². The lowest BCUT2D eigenvalue weighted by Crippen LogP contribution is -2.15. The highest BCUT2D eigenvalue weighted by atomic mass is 15.2. The van der Waals surface area contributed by atoms with Gasteiger partial charge in [-0.3, -0.25) is 0 Å². The van der Waals surface area contributed by atoms with E-state index in [2.05, 4.69) is 44.5 Å². The summed E-state index contributed by atoms with van der Waals surface area (Å²) in [6, 6.07) is 0.347. The van der Waals surface area contributed by atoms with Gasteiger partial charge in [-0.1, -0.05) is 6.92 Å². The molecule has 5 heteroatoms. The van der Waals surface area contributed by atoms with Gasteiger partial charge in [0.05, 0.1) is 18.1 Å². The highest BCUT2D eigenvalue weighted by Gasteiger charge is 2.11. The second-order valence-electron chi connectivity index (χ2n) is 4.65. The molecule has 0 aliphatic heterocycles. The number of nitrogens with one attached hydrogen (secondary N) is 1. The molecule has 0 bridgehead atoms. The van der Waals surface area contributed by atoms with Crippen LogP contribution in [0, 0.1) is 6.92 Å². The Kier molecular flexibility index (Phi) is 4.02. The predicted molar refractivity (Wildman–Crippen MR) is 72.7 cm³/mol. The zero-order valence-corrected chi connectivity index (χ0v) is 11.3. The van der Waals surface area contributed by atoms with E-state index < -0.39 is 0 Å². The molecule has 2 aromatic rings. The van der Waals surface area contributed by atoms with Crippen LogP contribution in [-0.2, 0) is 6.54 Å². The molecule has 0 saturated carbocycles. The molecule has 18 heavy (non-hydrogen) atoms. The summed E-state index contributed by atoms with van der Waals surface area (Å²) in [6.45, 7) is 8.22. The Labute approximate surface area is 108 Å². The molecule has 2 rings (SSSR count). The van der Waals surface area contributed by atoms with Crippen LogP contribution in [0.5, 0.6) is 0 Å². The number of nitrogens with zero attached hydrogens (tertiary/aromatic N) is 4. The van der Waals surface area contributed by atoms with Crippen molar-refractivity contribution in [1.82, 2.24) is 19.1 Å². The van der Waals surface area contributed by atoms with Crippen LogP contribution in [0.1, 0.15) is 32.0 Å². The van der Waals surface area contributed by atoms with Crippen molar-refractivity contribution >= 4 is 5.95 Å². The van der Waals surface area contributed by atoms with Crippen LogP contribution in [0.15, 0.2) is 24.9 Å². The lowest BCUT2D eigenvalue weighted by molar-refractivity contribution is 0.467. The van der Waals surface area contributed by atoms with E-state index >= 15 is 0 Å². The zero-order chi connectivity index (χ0) is 13.0. The second kappa shape index (κ2) is 5.71. The summed E-state index contributed by atoms with van der Waals surface area (Å²) in [5, 5.41) is 3.37. The van der Waals surface area contributed by atoms with E-state index in [9.17, 15) is 0 Å². The van der Waals surface area contributed by atoms with Crippen molar-refractivity contribution in [1.29, 1.82) is 0 Å². The lowest BCUT2D eigenvalue weighted by atomic mass is 10.3. The van der Waals surface area contributed by atoms with Crippen molar-refractivity contribution in [2.75, 3.05) is 11.9 Å². The number of aromatic nitrogens is 4. The van der Waals surface area contributed by atoms with Gasteiger partial charge < -0.3 is 14.5 Å². The van der Waals surface area contributed by atoms with Crippen molar-refractivity contribution in [3.05, 3.63) is 30.6 Å². The van der Waals surface area contributed by atoms with E-state index in [0.717, 1.165) is 31.2 Å². The molecule has 0 radical (unpaired) electrons. The van der Waals surface area contributed by atoms with Gasteiger partial charge in [0.1, 0.15) is 0 Å². The van der Waals surface area contributed by atoms with E-state index in [1.165, 1.54) is 0 Å². The van der Waals surface area contributed by atoms with Crippen molar-refractivity contribution < 1.29 is 0 Å². The first kappa shape index (κ1) is 12.7.